The number of hydrogen-bond acceptors (Lipinski definition) is 4. The minimum absolute atomic E-state index is 0.209. The zero-order chi connectivity index (χ0) is 10.7. The highest BCUT2D eigenvalue weighted by Gasteiger charge is 2.04. The lowest BCUT2D eigenvalue weighted by Crippen LogP contribution is -2.13. The standard InChI is InChI=1S/C10H12N4O/c1-2-3-4-7-13-9-8(10(15)14-7)11-5-6-12-9/h5-6H,2-4H2,1H3,(H,12,13,14,15). The van der Waals surface area contributed by atoms with Gasteiger partial charge in [-0.15, -0.1) is 0 Å². The number of nitrogens with zero attached hydrogens (tertiary/aromatic N) is 3. The second kappa shape index (κ2) is 4.16. The van der Waals surface area contributed by atoms with Crippen LogP contribution >= 0.6 is 0 Å². The van der Waals surface area contributed by atoms with Crippen molar-refractivity contribution in [1.29, 1.82) is 0 Å². The molecule has 1 N–H and O–H groups in total. The molecule has 0 aromatic carbocycles. The van der Waals surface area contributed by atoms with Gasteiger partial charge in [-0.05, 0) is 6.42 Å². The molecule has 2 aromatic heterocycles. The van der Waals surface area contributed by atoms with Crippen LogP contribution in [0.3, 0.4) is 0 Å². The number of aryl methyl sites for hydroxylation is 1. The van der Waals surface area contributed by atoms with E-state index in [1.165, 1.54) is 6.20 Å². The summed E-state index contributed by atoms with van der Waals surface area (Å²) in [4.78, 5) is 26.5. The van der Waals surface area contributed by atoms with Gasteiger partial charge in [-0.1, -0.05) is 13.3 Å². The maximum Gasteiger partial charge on any atom is 0.279 e. The molecule has 2 aromatic rings. The first-order valence-electron chi connectivity index (χ1n) is 5.01. The Labute approximate surface area is 86.6 Å². The average molecular weight is 204 g/mol. The lowest BCUT2D eigenvalue weighted by Gasteiger charge is -1.99. The van der Waals surface area contributed by atoms with E-state index in [-0.39, 0.29) is 5.56 Å². The zero-order valence-electron chi connectivity index (χ0n) is 8.53. The summed E-state index contributed by atoms with van der Waals surface area (Å²) in [6.45, 7) is 2.10. The van der Waals surface area contributed by atoms with Gasteiger partial charge >= 0.3 is 0 Å². The number of unbranched alkanes of at least 4 members (excludes halogenated alkanes) is 1. The molecule has 0 aliphatic heterocycles. The topological polar surface area (TPSA) is 71.5 Å². The number of H-pyrrole nitrogens is 1. The van der Waals surface area contributed by atoms with E-state index in [2.05, 4.69) is 26.9 Å². The SMILES string of the molecule is CCCCc1nc2nccnc2c(=O)[nH]1. The normalized spacial score (nSPS) is 10.7. The second-order valence-corrected chi connectivity index (χ2v) is 3.34. The highest BCUT2D eigenvalue weighted by Crippen LogP contribution is 2.01. The van der Waals surface area contributed by atoms with E-state index in [0.717, 1.165) is 19.3 Å². The lowest BCUT2D eigenvalue weighted by atomic mass is 10.2. The number of hydrogen-bond donors (Lipinski definition) is 1. The van der Waals surface area contributed by atoms with Crippen LogP contribution < -0.4 is 5.56 Å². The van der Waals surface area contributed by atoms with Crippen molar-refractivity contribution >= 4 is 11.2 Å². The van der Waals surface area contributed by atoms with Crippen LogP contribution in [0.15, 0.2) is 17.2 Å². The van der Waals surface area contributed by atoms with Crippen LogP contribution in [-0.2, 0) is 6.42 Å². The van der Waals surface area contributed by atoms with Gasteiger partial charge in [-0.2, -0.15) is 0 Å². The highest BCUT2D eigenvalue weighted by atomic mass is 16.1. The zero-order valence-corrected chi connectivity index (χ0v) is 8.53. The largest absolute Gasteiger partial charge is 0.309 e. The summed E-state index contributed by atoms with van der Waals surface area (Å²) in [6.07, 6.45) is 5.89. The van der Waals surface area contributed by atoms with Gasteiger partial charge in [0.15, 0.2) is 11.2 Å². The lowest BCUT2D eigenvalue weighted by molar-refractivity contribution is 0.751. The molecule has 78 valence electrons. The fourth-order valence-corrected chi connectivity index (χ4v) is 1.38. The van der Waals surface area contributed by atoms with Crippen LogP contribution in [0.25, 0.3) is 11.2 Å². The van der Waals surface area contributed by atoms with Crippen molar-refractivity contribution < 1.29 is 0 Å². The van der Waals surface area contributed by atoms with Crippen molar-refractivity contribution in [3.63, 3.8) is 0 Å². The third-order valence-corrected chi connectivity index (χ3v) is 2.16. The summed E-state index contributed by atoms with van der Waals surface area (Å²) in [6, 6.07) is 0. The van der Waals surface area contributed by atoms with E-state index in [0.29, 0.717) is 17.0 Å². The maximum absolute atomic E-state index is 11.6. The van der Waals surface area contributed by atoms with Gasteiger partial charge < -0.3 is 4.98 Å². The van der Waals surface area contributed by atoms with Crippen LogP contribution in [0.1, 0.15) is 25.6 Å². The van der Waals surface area contributed by atoms with E-state index in [1.807, 2.05) is 0 Å². The predicted molar refractivity (Wildman–Crippen MR) is 56.6 cm³/mol. The molecule has 0 unspecified atom stereocenters. The minimum atomic E-state index is -0.209. The molecule has 0 aliphatic carbocycles. The minimum Gasteiger partial charge on any atom is -0.309 e. The van der Waals surface area contributed by atoms with Crippen LogP contribution in [0.2, 0.25) is 0 Å². The monoisotopic (exact) mass is 204 g/mol. The molecular formula is C10H12N4O. The van der Waals surface area contributed by atoms with Gasteiger partial charge in [0.2, 0.25) is 0 Å². The fourth-order valence-electron chi connectivity index (χ4n) is 1.38. The molecule has 0 amide bonds. The first kappa shape index (κ1) is 9.76. The van der Waals surface area contributed by atoms with Gasteiger partial charge in [0.25, 0.3) is 5.56 Å². The highest BCUT2D eigenvalue weighted by molar-refractivity contribution is 5.67. The average Bonchev–Trinajstić information content (AvgIpc) is 2.26. The number of fused-ring (bicyclic) bond motifs is 1. The molecule has 2 rings (SSSR count). The summed E-state index contributed by atoms with van der Waals surface area (Å²) in [5.41, 5.74) is 0.518. The molecule has 5 nitrogen and oxygen atoms in total. The summed E-state index contributed by atoms with van der Waals surface area (Å²) < 4.78 is 0. The Morgan fingerprint density at radius 2 is 2.13 bits per heavy atom. The van der Waals surface area contributed by atoms with E-state index in [4.69, 9.17) is 0 Å². The van der Waals surface area contributed by atoms with Crippen molar-refractivity contribution in [3.8, 4) is 0 Å². The Morgan fingerprint density at radius 3 is 2.93 bits per heavy atom. The van der Waals surface area contributed by atoms with E-state index >= 15 is 0 Å². The number of rotatable bonds is 3. The van der Waals surface area contributed by atoms with Crippen LogP contribution in [-0.4, -0.2) is 19.9 Å². The van der Waals surface area contributed by atoms with Gasteiger partial charge in [-0.25, -0.2) is 15.0 Å². The molecule has 15 heavy (non-hydrogen) atoms. The van der Waals surface area contributed by atoms with Gasteiger partial charge in [0.1, 0.15) is 5.82 Å². The summed E-state index contributed by atoms with van der Waals surface area (Å²) >= 11 is 0. The molecule has 0 bridgehead atoms. The second-order valence-electron chi connectivity index (χ2n) is 3.34. The molecule has 0 atom stereocenters. The fraction of sp³-hybridized carbons (Fsp3) is 0.400. The molecule has 0 fully saturated rings. The third kappa shape index (κ3) is 2.01. The summed E-state index contributed by atoms with van der Waals surface area (Å²) in [5, 5.41) is 0. The predicted octanol–water partition coefficient (Wildman–Crippen LogP) is 1.06. The Balaban J connectivity index is 2.48. The van der Waals surface area contributed by atoms with Crippen molar-refractivity contribution in [1.82, 2.24) is 19.9 Å². The van der Waals surface area contributed by atoms with Crippen LogP contribution in [0.4, 0.5) is 0 Å². The number of aromatic nitrogens is 4. The smallest absolute Gasteiger partial charge is 0.279 e. The van der Waals surface area contributed by atoms with Crippen LogP contribution in [0, 0.1) is 0 Å². The van der Waals surface area contributed by atoms with Crippen molar-refractivity contribution in [2.75, 3.05) is 0 Å². The molecule has 0 saturated heterocycles. The molecule has 5 heteroatoms. The molecule has 2 heterocycles. The Hall–Kier alpha value is -1.78. The molecule has 0 saturated carbocycles. The maximum atomic E-state index is 11.6. The van der Waals surface area contributed by atoms with Crippen molar-refractivity contribution in [2.45, 2.75) is 26.2 Å². The van der Waals surface area contributed by atoms with Crippen molar-refractivity contribution in [2.24, 2.45) is 0 Å². The van der Waals surface area contributed by atoms with E-state index in [1.54, 1.807) is 6.20 Å². The Kier molecular flexibility index (Phi) is 2.71. The van der Waals surface area contributed by atoms with Gasteiger partial charge in [-0.3, -0.25) is 4.79 Å². The van der Waals surface area contributed by atoms with Gasteiger partial charge in [0, 0.05) is 18.8 Å². The van der Waals surface area contributed by atoms with Crippen molar-refractivity contribution in [3.05, 3.63) is 28.6 Å². The quantitative estimate of drug-likeness (QED) is 0.811. The first-order chi connectivity index (χ1) is 7.31. The first-order valence-corrected chi connectivity index (χ1v) is 5.01. The Bertz CT molecular complexity index is 520. The van der Waals surface area contributed by atoms with Gasteiger partial charge in [0.05, 0.1) is 0 Å². The Morgan fingerprint density at radius 1 is 1.33 bits per heavy atom. The summed E-state index contributed by atoms with van der Waals surface area (Å²) in [7, 11) is 0. The molecule has 0 radical (unpaired) electrons. The number of aromatic amines is 1. The third-order valence-electron chi connectivity index (χ3n) is 2.16. The molecular weight excluding hydrogens is 192 g/mol. The number of nitrogens with one attached hydrogen (secondary N) is 1. The summed E-state index contributed by atoms with van der Waals surface area (Å²) in [5.74, 6) is 0.690. The van der Waals surface area contributed by atoms with E-state index in [9.17, 15) is 4.79 Å². The molecule has 0 spiro atoms. The van der Waals surface area contributed by atoms with E-state index < -0.39 is 0 Å². The van der Waals surface area contributed by atoms with Crippen LogP contribution in [0.5, 0.6) is 0 Å². The molecule has 0 aliphatic rings.